The van der Waals surface area contributed by atoms with Gasteiger partial charge in [-0.3, -0.25) is 4.79 Å². The Labute approximate surface area is 73.6 Å². The molecule has 1 fully saturated rings. The second-order valence-corrected chi connectivity index (χ2v) is 3.65. The molecule has 0 aromatic heterocycles. The smallest absolute Gasteiger partial charge is 0.189 e. The van der Waals surface area contributed by atoms with Crippen molar-refractivity contribution in [2.45, 2.75) is 38.7 Å². The SMILES string of the molecule is C=C(C)C(=O)C1(C)CCCCO1. The molecule has 0 radical (unpaired) electrons. The predicted octanol–water partition coefficient (Wildman–Crippen LogP) is 2.09. The lowest BCUT2D eigenvalue weighted by molar-refractivity contribution is -0.143. The van der Waals surface area contributed by atoms with E-state index in [1.54, 1.807) is 6.92 Å². The van der Waals surface area contributed by atoms with Crippen molar-refractivity contribution in [2.75, 3.05) is 6.61 Å². The first-order valence-electron chi connectivity index (χ1n) is 4.40. The van der Waals surface area contributed by atoms with Gasteiger partial charge in [0.15, 0.2) is 5.78 Å². The zero-order valence-electron chi connectivity index (χ0n) is 7.85. The van der Waals surface area contributed by atoms with E-state index >= 15 is 0 Å². The summed E-state index contributed by atoms with van der Waals surface area (Å²) in [6, 6.07) is 0. The molecule has 1 aliphatic heterocycles. The Bertz CT molecular complexity index is 200. The van der Waals surface area contributed by atoms with Crippen molar-refractivity contribution < 1.29 is 9.53 Å². The van der Waals surface area contributed by atoms with Crippen molar-refractivity contribution in [1.29, 1.82) is 0 Å². The van der Waals surface area contributed by atoms with Crippen LogP contribution in [-0.4, -0.2) is 18.0 Å². The van der Waals surface area contributed by atoms with Gasteiger partial charge in [0.1, 0.15) is 5.60 Å². The van der Waals surface area contributed by atoms with Gasteiger partial charge in [-0.25, -0.2) is 0 Å². The van der Waals surface area contributed by atoms with E-state index in [1.165, 1.54) is 0 Å². The Hall–Kier alpha value is -0.630. The summed E-state index contributed by atoms with van der Waals surface area (Å²) in [6.07, 6.45) is 2.98. The molecule has 0 aromatic carbocycles. The van der Waals surface area contributed by atoms with Crippen molar-refractivity contribution >= 4 is 5.78 Å². The number of Topliss-reactive ketones (excluding diaryl/α,β-unsaturated/α-hetero) is 1. The molecular formula is C10H16O2. The van der Waals surface area contributed by atoms with Crippen LogP contribution in [0.2, 0.25) is 0 Å². The van der Waals surface area contributed by atoms with Gasteiger partial charge in [-0.15, -0.1) is 0 Å². The maximum Gasteiger partial charge on any atom is 0.189 e. The molecule has 2 heteroatoms. The summed E-state index contributed by atoms with van der Waals surface area (Å²) in [5.41, 5.74) is 0.0174. The van der Waals surface area contributed by atoms with Gasteiger partial charge in [-0.05, 0) is 38.7 Å². The third-order valence-corrected chi connectivity index (χ3v) is 2.34. The molecular weight excluding hydrogens is 152 g/mol. The van der Waals surface area contributed by atoms with Crippen LogP contribution in [0.5, 0.6) is 0 Å². The number of hydrogen-bond donors (Lipinski definition) is 0. The van der Waals surface area contributed by atoms with E-state index in [4.69, 9.17) is 4.74 Å². The van der Waals surface area contributed by atoms with Gasteiger partial charge in [0, 0.05) is 6.61 Å². The maximum atomic E-state index is 11.6. The summed E-state index contributed by atoms with van der Waals surface area (Å²) in [6.45, 7) is 7.96. The minimum Gasteiger partial charge on any atom is -0.367 e. The largest absolute Gasteiger partial charge is 0.367 e. The van der Waals surface area contributed by atoms with Crippen molar-refractivity contribution in [2.24, 2.45) is 0 Å². The summed E-state index contributed by atoms with van der Waals surface area (Å²) in [5.74, 6) is 0.0576. The van der Waals surface area contributed by atoms with Crippen LogP contribution in [0, 0.1) is 0 Å². The van der Waals surface area contributed by atoms with Crippen molar-refractivity contribution in [3.8, 4) is 0 Å². The molecule has 1 aliphatic rings. The number of rotatable bonds is 2. The Morgan fingerprint density at radius 1 is 1.50 bits per heavy atom. The molecule has 12 heavy (non-hydrogen) atoms. The highest BCUT2D eigenvalue weighted by Gasteiger charge is 2.35. The van der Waals surface area contributed by atoms with Crippen LogP contribution in [0.3, 0.4) is 0 Å². The first kappa shape index (κ1) is 9.46. The third-order valence-electron chi connectivity index (χ3n) is 2.34. The highest BCUT2D eigenvalue weighted by molar-refractivity contribution is 6.00. The standard InChI is InChI=1S/C10H16O2/c1-8(2)9(11)10(3)6-4-5-7-12-10/h1,4-7H2,2-3H3. The van der Waals surface area contributed by atoms with E-state index in [1.807, 2.05) is 6.92 Å². The van der Waals surface area contributed by atoms with Gasteiger partial charge in [0.25, 0.3) is 0 Å². The number of ketones is 1. The van der Waals surface area contributed by atoms with E-state index in [0.29, 0.717) is 12.2 Å². The van der Waals surface area contributed by atoms with Gasteiger partial charge in [0.05, 0.1) is 0 Å². The highest BCUT2D eigenvalue weighted by Crippen LogP contribution is 2.27. The molecule has 0 saturated carbocycles. The average molecular weight is 168 g/mol. The van der Waals surface area contributed by atoms with Crippen LogP contribution >= 0.6 is 0 Å². The van der Waals surface area contributed by atoms with Crippen LogP contribution in [0.1, 0.15) is 33.1 Å². The maximum absolute atomic E-state index is 11.6. The molecule has 1 saturated heterocycles. The Morgan fingerprint density at radius 3 is 2.58 bits per heavy atom. The molecule has 0 aromatic rings. The normalized spacial score (nSPS) is 29.8. The lowest BCUT2D eigenvalue weighted by Gasteiger charge is -2.32. The number of carbonyl (C=O) groups excluding carboxylic acids is 1. The zero-order chi connectivity index (χ0) is 9.19. The van der Waals surface area contributed by atoms with Gasteiger partial charge in [-0.1, -0.05) is 6.58 Å². The Morgan fingerprint density at radius 2 is 2.17 bits per heavy atom. The van der Waals surface area contributed by atoms with E-state index in [0.717, 1.165) is 19.3 Å². The topological polar surface area (TPSA) is 26.3 Å². The van der Waals surface area contributed by atoms with Gasteiger partial charge in [0.2, 0.25) is 0 Å². The van der Waals surface area contributed by atoms with E-state index in [9.17, 15) is 4.79 Å². The van der Waals surface area contributed by atoms with Crippen molar-refractivity contribution in [3.05, 3.63) is 12.2 Å². The molecule has 1 rings (SSSR count). The first-order valence-corrected chi connectivity index (χ1v) is 4.40. The fraction of sp³-hybridized carbons (Fsp3) is 0.700. The lowest BCUT2D eigenvalue weighted by Crippen LogP contribution is -2.41. The fourth-order valence-corrected chi connectivity index (χ4v) is 1.56. The molecule has 68 valence electrons. The summed E-state index contributed by atoms with van der Waals surface area (Å²) >= 11 is 0. The monoisotopic (exact) mass is 168 g/mol. The lowest BCUT2D eigenvalue weighted by atomic mass is 9.88. The molecule has 0 N–H and O–H groups in total. The second-order valence-electron chi connectivity index (χ2n) is 3.65. The number of carbonyl (C=O) groups is 1. The predicted molar refractivity (Wildman–Crippen MR) is 48.0 cm³/mol. The molecule has 1 atom stereocenters. The second kappa shape index (κ2) is 3.40. The number of hydrogen-bond acceptors (Lipinski definition) is 2. The van der Waals surface area contributed by atoms with Gasteiger partial charge in [-0.2, -0.15) is 0 Å². The average Bonchev–Trinajstić information content (AvgIpc) is 2.04. The molecule has 1 heterocycles. The minimum atomic E-state index is -0.579. The zero-order valence-corrected chi connectivity index (χ0v) is 7.85. The van der Waals surface area contributed by atoms with Crippen LogP contribution in [0.25, 0.3) is 0 Å². The Balaban J connectivity index is 2.69. The van der Waals surface area contributed by atoms with Gasteiger partial charge >= 0.3 is 0 Å². The summed E-state index contributed by atoms with van der Waals surface area (Å²) in [7, 11) is 0. The van der Waals surface area contributed by atoms with Crippen LogP contribution < -0.4 is 0 Å². The van der Waals surface area contributed by atoms with E-state index < -0.39 is 5.60 Å². The molecule has 2 nitrogen and oxygen atoms in total. The van der Waals surface area contributed by atoms with Gasteiger partial charge < -0.3 is 4.74 Å². The van der Waals surface area contributed by atoms with E-state index in [-0.39, 0.29) is 5.78 Å². The van der Waals surface area contributed by atoms with E-state index in [2.05, 4.69) is 6.58 Å². The summed E-state index contributed by atoms with van der Waals surface area (Å²) < 4.78 is 5.48. The molecule has 0 aliphatic carbocycles. The van der Waals surface area contributed by atoms with Crippen LogP contribution in [0.15, 0.2) is 12.2 Å². The minimum absolute atomic E-state index is 0.0576. The molecule has 0 spiro atoms. The first-order chi connectivity index (χ1) is 5.56. The quantitative estimate of drug-likeness (QED) is 0.590. The Kier molecular flexibility index (Phi) is 2.68. The summed E-state index contributed by atoms with van der Waals surface area (Å²) in [4.78, 5) is 11.6. The third kappa shape index (κ3) is 1.75. The van der Waals surface area contributed by atoms with Crippen molar-refractivity contribution in [3.63, 3.8) is 0 Å². The summed E-state index contributed by atoms with van der Waals surface area (Å²) in [5, 5.41) is 0. The number of ether oxygens (including phenoxy) is 1. The molecule has 0 amide bonds. The molecule has 1 unspecified atom stereocenters. The van der Waals surface area contributed by atoms with Crippen molar-refractivity contribution in [1.82, 2.24) is 0 Å². The fourth-order valence-electron chi connectivity index (χ4n) is 1.56. The highest BCUT2D eigenvalue weighted by atomic mass is 16.5. The van der Waals surface area contributed by atoms with Crippen LogP contribution in [-0.2, 0) is 9.53 Å². The van der Waals surface area contributed by atoms with Crippen LogP contribution in [0.4, 0.5) is 0 Å². The molecule has 0 bridgehead atoms.